The number of allylic oxidation sites excluding steroid dienone is 1. The van der Waals surface area contributed by atoms with E-state index in [9.17, 15) is 9.90 Å². The van der Waals surface area contributed by atoms with E-state index in [-0.39, 0.29) is 5.56 Å². The quantitative estimate of drug-likeness (QED) is 0.815. The molecule has 23 heavy (non-hydrogen) atoms. The van der Waals surface area contributed by atoms with Gasteiger partial charge in [0.15, 0.2) is 0 Å². The zero-order valence-electron chi connectivity index (χ0n) is 13.4. The lowest BCUT2D eigenvalue weighted by Gasteiger charge is -2.21. The molecular formula is C18H21N3O2. The minimum atomic E-state index is -0.965. The van der Waals surface area contributed by atoms with Gasteiger partial charge < -0.3 is 15.3 Å². The van der Waals surface area contributed by atoms with Crippen LogP contribution >= 0.6 is 0 Å². The number of nitrogens with zero attached hydrogens (tertiary/aromatic N) is 2. The van der Waals surface area contributed by atoms with Crippen LogP contribution < -0.4 is 10.2 Å². The molecule has 5 nitrogen and oxygen atoms in total. The topological polar surface area (TPSA) is 65.5 Å². The SMILES string of the molecule is C=C(CC)Nc1ccc(N(C)Cc2cccnc2)cc1C(=O)O. The Morgan fingerprint density at radius 3 is 2.78 bits per heavy atom. The summed E-state index contributed by atoms with van der Waals surface area (Å²) in [5, 5.41) is 12.5. The van der Waals surface area contributed by atoms with Gasteiger partial charge in [0.1, 0.15) is 0 Å². The Hall–Kier alpha value is -2.82. The number of hydrogen-bond donors (Lipinski definition) is 2. The van der Waals surface area contributed by atoms with Crippen molar-refractivity contribution in [2.75, 3.05) is 17.3 Å². The Bertz CT molecular complexity index is 699. The molecule has 0 aliphatic rings. The molecular weight excluding hydrogens is 290 g/mol. The number of carboxylic acids is 1. The van der Waals surface area contributed by atoms with Crippen LogP contribution in [0.2, 0.25) is 0 Å². The number of carboxylic acid groups (broad SMARTS) is 1. The first-order valence-corrected chi connectivity index (χ1v) is 7.43. The van der Waals surface area contributed by atoms with Crippen LogP contribution in [0.3, 0.4) is 0 Å². The molecule has 2 aromatic rings. The van der Waals surface area contributed by atoms with Gasteiger partial charge in [-0.1, -0.05) is 19.6 Å². The average Bonchev–Trinajstić information content (AvgIpc) is 2.55. The molecule has 2 N–H and O–H groups in total. The first kappa shape index (κ1) is 16.5. The number of rotatable bonds is 7. The van der Waals surface area contributed by atoms with Crippen LogP contribution in [0, 0.1) is 0 Å². The molecule has 0 aliphatic carbocycles. The third kappa shape index (κ3) is 4.32. The Morgan fingerprint density at radius 2 is 2.17 bits per heavy atom. The number of benzene rings is 1. The van der Waals surface area contributed by atoms with Gasteiger partial charge in [-0.25, -0.2) is 4.79 Å². The van der Waals surface area contributed by atoms with Crippen molar-refractivity contribution in [2.45, 2.75) is 19.9 Å². The molecule has 0 saturated carbocycles. The number of anilines is 2. The summed E-state index contributed by atoms with van der Waals surface area (Å²) in [4.78, 5) is 17.6. The van der Waals surface area contributed by atoms with Gasteiger partial charge >= 0.3 is 5.97 Å². The smallest absolute Gasteiger partial charge is 0.337 e. The molecule has 0 spiro atoms. The van der Waals surface area contributed by atoms with Crippen LogP contribution in [0.4, 0.5) is 11.4 Å². The highest BCUT2D eigenvalue weighted by molar-refractivity contribution is 5.95. The second-order valence-electron chi connectivity index (χ2n) is 5.33. The maximum Gasteiger partial charge on any atom is 0.337 e. The lowest BCUT2D eigenvalue weighted by Crippen LogP contribution is -2.17. The molecule has 2 rings (SSSR count). The van der Waals surface area contributed by atoms with Crippen molar-refractivity contribution >= 4 is 17.3 Å². The second kappa shape index (κ2) is 7.45. The first-order valence-electron chi connectivity index (χ1n) is 7.43. The van der Waals surface area contributed by atoms with E-state index in [1.165, 1.54) is 0 Å². The lowest BCUT2D eigenvalue weighted by molar-refractivity contribution is 0.0698. The minimum Gasteiger partial charge on any atom is -0.478 e. The molecule has 0 amide bonds. The third-order valence-corrected chi connectivity index (χ3v) is 3.56. The summed E-state index contributed by atoms with van der Waals surface area (Å²) in [7, 11) is 1.92. The predicted octanol–water partition coefficient (Wildman–Crippen LogP) is 3.75. The number of hydrogen-bond acceptors (Lipinski definition) is 4. The fourth-order valence-corrected chi connectivity index (χ4v) is 2.19. The van der Waals surface area contributed by atoms with E-state index in [1.807, 2.05) is 37.1 Å². The summed E-state index contributed by atoms with van der Waals surface area (Å²) in [6.45, 7) is 6.48. The van der Waals surface area contributed by atoms with Crippen LogP contribution in [0.25, 0.3) is 0 Å². The fourth-order valence-electron chi connectivity index (χ4n) is 2.19. The van der Waals surface area contributed by atoms with Gasteiger partial charge in [0.05, 0.1) is 11.3 Å². The molecule has 0 fully saturated rings. The molecule has 1 heterocycles. The van der Waals surface area contributed by atoms with Crippen molar-refractivity contribution in [3.63, 3.8) is 0 Å². The summed E-state index contributed by atoms with van der Waals surface area (Å²) >= 11 is 0. The predicted molar refractivity (Wildman–Crippen MR) is 92.8 cm³/mol. The number of aromatic nitrogens is 1. The van der Waals surface area contributed by atoms with Gasteiger partial charge in [-0.05, 0) is 36.2 Å². The number of carbonyl (C=O) groups is 1. The molecule has 5 heteroatoms. The highest BCUT2D eigenvalue weighted by atomic mass is 16.4. The first-order chi connectivity index (χ1) is 11.0. The minimum absolute atomic E-state index is 0.232. The molecule has 120 valence electrons. The van der Waals surface area contributed by atoms with Crippen molar-refractivity contribution in [1.29, 1.82) is 0 Å². The summed E-state index contributed by atoms with van der Waals surface area (Å²) in [6, 6.07) is 9.22. The van der Waals surface area contributed by atoms with E-state index in [1.54, 1.807) is 24.5 Å². The lowest BCUT2D eigenvalue weighted by atomic mass is 10.1. The summed E-state index contributed by atoms with van der Waals surface area (Å²) in [5.41, 5.74) is 3.47. The Labute approximate surface area is 136 Å². The van der Waals surface area contributed by atoms with Gasteiger partial charge in [-0.15, -0.1) is 0 Å². The summed E-state index contributed by atoms with van der Waals surface area (Å²) < 4.78 is 0. The van der Waals surface area contributed by atoms with Crippen LogP contribution in [0.15, 0.2) is 55.0 Å². The number of aromatic carboxylic acids is 1. The van der Waals surface area contributed by atoms with Crippen LogP contribution in [0.5, 0.6) is 0 Å². The van der Waals surface area contributed by atoms with Gasteiger partial charge in [0, 0.05) is 37.4 Å². The standard InChI is InChI=1S/C18H21N3O2/c1-4-13(2)20-17-8-7-15(10-16(17)18(22)23)21(3)12-14-6-5-9-19-11-14/h5-11,20H,2,4,12H2,1,3H3,(H,22,23). The van der Waals surface area contributed by atoms with Crippen molar-refractivity contribution in [1.82, 2.24) is 4.98 Å². The van der Waals surface area contributed by atoms with Gasteiger partial charge in [-0.2, -0.15) is 0 Å². The van der Waals surface area contributed by atoms with Crippen LogP contribution in [0.1, 0.15) is 29.3 Å². The van der Waals surface area contributed by atoms with E-state index in [4.69, 9.17) is 0 Å². The van der Waals surface area contributed by atoms with E-state index >= 15 is 0 Å². The number of pyridine rings is 1. The molecule has 0 aliphatic heterocycles. The molecule has 0 radical (unpaired) electrons. The summed E-state index contributed by atoms with van der Waals surface area (Å²) in [6.07, 6.45) is 4.27. The monoisotopic (exact) mass is 311 g/mol. The van der Waals surface area contributed by atoms with Crippen molar-refractivity contribution in [3.05, 3.63) is 66.1 Å². The van der Waals surface area contributed by atoms with Crippen molar-refractivity contribution in [2.24, 2.45) is 0 Å². The zero-order chi connectivity index (χ0) is 16.8. The Kier molecular flexibility index (Phi) is 5.36. The van der Waals surface area contributed by atoms with Crippen molar-refractivity contribution < 1.29 is 9.90 Å². The van der Waals surface area contributed by atoms with Crippen LogP contribution in [-0.2, 0) is 6.54 Å². The maximum absolute atomic E-state index is 11.5. The molecule has 1 aromatic heterocycles. The molecule has 1 aromatic carbocycles. The van der Waals surface area contributed by atoms with Crippen LogP contribution in [-0.4, -0.2) is 23.1 Å². The fraction of sp³-hybridized carbons (Fsp3) is 0.222. The third-order valence-electron chi connectivity index (χ3n) is 3.56. The zero-order valence-corrected chi connectivity index (χ0v) is 13.4. The molecule has 0 atom stereocenters. The average molecular weight is 311 g/mol. The van der Waals surface area contributed by atoms with Gasteiger partial charge in [0.25, 0.3) is 0 Å². The highest BCUT2D eigenvalue weighted by Crippen LogP contribution is 2.25. The summed E-state index contributed by atoms with van der Waals surface area (Å²) in [5.74, 6) is -0.965. The molecule has 0 unspecified atom stereocenters. The van der Waals surface area contributed by atoms with E-state index in [0.717, 1.165) is 23.4 Å². The second-order valence-corrected chi connectivity index (χ2v) is 5.33. The van der Waals surface area contributed by atoms with Crippen molar-refractivity contribution in [3.8, 4) is 0 Å². The largest absolute Gasteiger partial charge is 0.478 e. The normalized spacial score (nSPS) is 10.2. The van der Waals surface area contributed by atoms with E-state index in [0.29, 0.717) is 12.2 Å². The highest BCUT2D eigenvalue weighted by Gasteiger charge is 2.13. The van der Waals surface area contributed by atoms with Gasteiger partial charge in [0.2, 0.25) is 0 Å². The molecule has 0 saturated heterocycles. The molecule has 0 bridgehead atoms. The van der Waals surface area contributed by atoms with Gasteiger partial charge in [-0.3, -0.25) is 4.98 Å². The maximum atomic E-state index is 11.5. The Morgan fingerprint density at radius 1 is 1.39 bits per heavy atom. The van der Waals surface area contributed by atoms with E-state index in [2.05, 4.69) is 16.9 Å². The van der Waals surface area contributed by atoms with E-state index < -0.39 is 5.97 Å². The Balaban J connectivity index is 2.24. The number of nitrogens with one attached hydrogen (secondary N) is 1.